The standard InChI is InChI=1S/C16H21BrFNOS/c1-19-15(12-6-13(17)8-14(18)7-12)11-2-4-20-16(9-11)3-5-21-10-16/h6-8,11,15,19H,2-5,9-10H2,1H3. The smallest absolute Gasteiger partial charge is 0.124 e. The lowest BCUT2D eigenvalue weighted by Crippen LogP contribution is -2.43. The van der Waals surface area contributed by atoms with Gasteiger partial charge in [0.15, 0.2) is 0 Å². The maximum Gasteiger partial charge on any atom is 0.124 e. The second-order valence-corrected chi connectivity index (χ2v) is 8.08. The van der Waals surface area contributed by atoms with Gasteiger partial charge in [-0.25, -0.2) is 4.39 Å². The first-order valence-corrected chi connectivity index (χ1v) is 9.42. The fourth-order valence-corrected chi connectivity index (χ4v) is 5.50. The van der Waals surface area contributed by atoms with Gasteiger partial charge in [-0.15, -0.1) is 0 Å². The molecule has 1 aromatic rings. The van der Waals surface area contributed by atoms with Gasteiger partial charge in [-0.2, -0.15) is 11.8 Å². The van der Waals surface area contributed by atoms with Crippen LogP contribution in [0.4, 0.5) is 4.39 Å². The first-order valence-electron chi connectivity index (χ1n) is 7.47. The summed E-state index contributed by atoms with van der Waals surface area (Å²) in [5.41, 5.74) is 1.09. The Hall–Kier alpha value is -0.100. The molecule has 1 N–H and O–H groups in total. The van der Waals surface area contributed by atoms with E-state index < -0.39 is 0 Å². The summed E-state index contributed by atoms with van der Waals surface area (Å²) in [4.78, 5) is 0. The maximum absolute atomic E-state index is 13.7. The third-order valence-electron chi connectivity index (χ3n) is 4.62. The van der Waals surface area contributed by atoms with E-state index in [4.69, 9.17) is 4.74 Å². The van der Waals surface area contributed by atoms with Crippen LogP contribution in [0.1, 0.15) is 30.9 Å². The van der Waals surface area contributed by atoms with E-state index in [1.807, 2.05) is 24.9 Å². The zero-order valence-corrected chi connectivity index (χ0v) is 14.6. The molecule has 2 heterocycles. The zero-order chi connectivity index (χ0) is 14.9. The largest absolute Gasteiger partial charge is 0.374 e. The topological polar surface area (TPSA) is 21.3 Å². The van der Waals surface area contributed by atoms with E-state index >= 15 is 0 Å². The zero-order valence-electron chi connectivity index (χ0n) is 12.2. The van der Waals surface area contributed by atoms with Gasteiger partial charge in [-0.3, -0.25) is 0 Å². The molecule has 2 nitrogen and oxygen atoms in total. The van der Waals surface area contributed by atoms with E-state index in [0.29, 0.717) is 5.92 Å². The first-order chi connectivity index (χ1) is 10.1. The number of halogens is 2. The molecule has 0 saturated carbocycles. The molecule has 0 aliphatic carbocycles. The van der Waals surface area contributed by atoms with Crippen LogP contribution in [0.3, 0.4) is 0 Å². The lowest BCUT2D eigenvalue weighted by Gasteiger charge is -2.41. The van der Waals surface area contributed by atoms with Gasteiger partial charge in [0, 0.05) is 22.9 Å². The van der Waals surface area contributed by atoms with Crippen LogP contribution in [0.15, 0.2) is 22.7 Å². The monoisotopic (exact) mass is 373 g/mol. The highest BCUT2D eigenvalue weighted by Gasteiger charge is 2.42. The van der Waals surface area contributed by atoms with Crippen LogP contribution < -0.4 is 5.32 Å². The van der Waals surface area contributed by atoms with Gasteiger partial charge in [0.1, 0.15) is 5.82 Å². The minimum atomic E-state index is -0.183. The number of hydrogen-bond donors (Lipinski definition) is 1. The molecule has 0 aromatic heterocycles. The van der Waals surface area contributed by atoms with E-state index in [1.54, 1.807) is 6.07 Å². The predicted octanol–water partition coefficient (Wildman–Crippen LogP) is 4.15. The van der Waals surface area contributed by atoms with E-state index in [-0.39, 0.29) is 17.5 Å². The highest BCUT2D eigenvalue weighted by Crippen LogP contribution is 2.44. The Bertz CT molecular complexity index is 487. The summed E-state index contributed by atoms with van der Waals surface area (Å²) in [6.07, 6.45) is 3.25. The third kappa shape index (κ3) is 3.46. The molecule has 1 aromatic carbocycles. The molecule has 2 aliphatic rings. The van der Waals surface area contributed by atoms with Crippen LogP contribution in [-0.4, -0.2) is 30.8 Å². The van der Waals surface area contributed by atoms with Crippen LogP contribution in [-0.2, 0) is 4.74 Å². The average molecular weight is 374 g/mol. The van der Waals surface area contributed by atoms with Crippen molar-refractivity contribution in [2.45, 2.75) is 30.9 Å². The lowest BCUT2D eigenvalue weighted by atomic mass is 9.79. The Morgan fingerprint density at radius 2 is 2.33 bits per heavy atom. The van der Waals surface area contributed by atoms with Crippen molar-refractivity contribution in [3.63, 3.8) is 0 Å². The van der Waals surface area contributed by atoms with Gasteiger partial charge < -0.3 is 10.1 Å². The van der Waals surface area contributed by atoms with E-state index in [1.165, 1.54) is 11.8 Å². The van der Waals surface area contributed by atoms with Gasteiger partial charge in [-0.05, 0) is 61.7 Å². The van der Waals surface area contributed by atoms with E-state index in [0.717, 1.165) is 41.7 Å². The van der Waals surface area contributed by atoms with Gasteiger partial charge >= 0.3 is 0 Å². The summed E-state index contributed by atoms with van der Waals surface area (Å²) < 4.78 is 20.6. The van der Waals surface area contributed by atoms with Crippen molar-refractivity contribution in [1.29, 1.82) is 0 Å². The molecule has 2 fully saturated rings. The highest BCUT2D eigenvalue weighted by atomic mass is 79.9. The number of thioether (sulfide) groups is 1. The Balaban J connectivity index is 1.82. The van der Waals surface area contributed by atoms with E-state index in [9.17, 15) is 4.39 Å². The number of hydrogen-bond acceptors (Lipinski definition) is 3. The van der Waals surface area contributed by atoms with Crippen molar-refractivity contribution in [1.82, 2.24) is 5.32 Å². The minimum absolute atomic E-state index is 0.0627. The molecule has 1 spiro atoms. The second-order valence-electron chi connectivity index (χ2n) is 6.06. The molecule has 3 unspecified atom stereocenters. The third-order valence-corrected chi connectivity index (χ3v) is 6.31. The summed E-state index contributed by atoms with van der Waals surface area (Å²) in [5, 5.41) is 3.40. The molecule has 3 atom stereocenters. The summed E-state index contributed by atoms with van der Waals surface area (Å²) >= 11 is 5.39. The first kappa shape index (κ1) is 15.8. The second kappa shape index (κ2) is 6.57. The molecule has 5 heteroatoms. The maximum atomic E-state index is 13.7. The van der Waals surface area contributed by atoms with Crippen molar-refractivity contribution >= 4 is 27.7 Å². The van der Waals surface area contributed by atoms with Gasteiger partial charge in [0.2, 0.25) is 0 Å². The van der Waals surface area contributed by atoms with Crippen LogP contribution in [0.2, 0.25) is 0 Å². The summed E-state index contributed by atoms with van der Waals surface area (Å²) in [7, 11) is 1.97. The molecule has 0 amide bonds. The van der Waals surface area contributed by atoms with E-state index in [2.05, 4.69) is 21.2 Å². The molecule has 3 rings (SSSR count). The van der Waals surface area contributed by atoms with Crippen LogP contribution in [0.5, 0.6) is 0 Å². The molecule has 2 saturated heterocycles. The quantitative estimate of drug-likeness (QED) is 0.859. The summed E-state index contributed by atoms with van der Waals surface area (Å²) in [6.45, 7) is 0.819. The molecule has 0 radical (unpaired) electrons. The molecule has 21 heavy (non-hydrogen) atoms. The minimum Gasteiger partial charge on any atom is -0.374 e. The molecule has 116 valence electrons. The van der Waals surface area contributed by atoms with Crippen molar-refractivity contribution in [3.8, 4) is 0 Å². The predicted molar refractivity (Wildman–Crippen MR) is 89.2 cm³/mol. The molecule has 2 aliphatic heterocycles. The summed E-state index contributed by atoms with van der Waals surface area (Å²) in [5.74, 6) is 2.61. The average Bonchev–Trinajstić information content (AvgIpc) is 2.86. The Kier molecular flexibility index (Phi) is 4.94. The Morgan fingerprint density at radius 3 is 3.00 bits per heavy atom. The van der Waals surface area contributed by atoms with Gasteiger partial charge in [0.05, 0.1) is 5.60 Å². The Morgan fingerprint density at radius 1 is 1.48 bits per heavy atom. The van der Waals surface area contributed by atoms with Crippen LogP contribution in [0, 0.1) is 11.7 Å². The Labute approximate surface area is 138 Å². The molecular formula is C16H21BrFNOS. The number of rotatable bonds is 3. The normalized spacial score (nSPS) is 30.7. The highest BCUT2D eigenvalue weighted by molar-refractivity contribution is 9.10. The number of benzene rings is 1. The molecule has 0 bridgehead atoms. The molecular weight excluding hydrogens is 353 g/mol. The van der Waals surface area contributed by atoms with Crippen molar-refractivity contribution < 1.29 is 9.13 Å². The summed E-state index contributed by atoms with van der Waals surface area (Å²) in [6, 6.07) is 5.37. The van der Waals surface area contributed by atoms with Crippen LogP contribution >= 0.6 is 27.7 Å². The van der Waals surface area contributed by atoms with Crippen molar-refractivity contribution in [3.05, 3.63) is 34.1 Å². The van der Waals surface area contributed by atoms with Crippen molar-refractivity contribution in [2.24, 2.45) is 5.92 Å². The fraction of sp³-hybridized carbons (Fsp3) is 0.625. The number of nitrogens with one attached hydrogen (secondary N) is 1. The fourth-order valence-electron chi connectivity index (χ4n) is 3.64. The SMILES string of the molecule is CNC(c1cc(F)cc(Br)c1)C1CCOC2(CCSC2)C1. The lowest BCUT2D eigenvalue weighted by molar-refractivity contribution is -0.0850. The van der Waals surface area contributed by atoms with Crippen LogP contribution in [0.25, 0.3) is 0 Å². The van der Waals surface area contributed by atoms with Crippen molar-refractivity contribution in [2.75, 3.05) is 25.2 Å². The number of ether oxygens (including phenoxy) is 1. The van der Waals surface area contributed by atoms with Gasteiger partial charge in [-0.1, -0.05) is 15.9 Å². The van der Waals surface area contributed by atoms with Gasteiger partial charge in [0.25, 0.3) is 0 Å².